The van der Waals surface area contributed by atoms with Crippen LogP contribution in [0.2, 0.25) is 0 Å². The molecule has 0 aromatic carbocycles. The Hall–Kier alpha value is -2.01. The summed E-state index contributed by atoms with van der Waals surface area (Å²) < 4.78 is 1.63. The molecule has 20 heavy (non-hydrogen) atoms. The lowest BCUT2D eigenvalue weighted by atomic mass is 10.1. The highest BCUT2D eigenvalue weighted by Gasteiger charge is 2.42. The first-order valence-electron chi connectivity index (χ1n) is 6.62. The number of aromatic nitrogens is 3. The molecule has 0 radical (unpaired) electrons. The van der Waals surface area contributed by atoms with Crippen LogP contribution in [0.5, 0.6) is 0 Å². The summed E-state index contributed by atoms with van der Waals surface area (Å²) in [7, 11) is 0. The molecule has 3 heterocycles. The summed E-state index contributed by atoms with van der Waals surface area (Å²) in [4.78, 5) is 22.0. The van der Waals surface area contributed by atoms with Crippen molar-refractivity contribution >= 4 is 16.3 Å². The van der Waals surface area contributed by atoms with E-state index in [9.17, 15) is 4.79 Å². The van der Waals surface area contributed by atoms with Gasteiger partial charge in [-0.3, -0.25) is 14.2 Å². The predicted molar refractivity (Wildman–Crippen MR) is 78.4 cm³/mol. The SMILES string of the molecule is Cc1c([C@@H]2C[C@H]2c2cccnc2)nc2sccn2c1=O. The summed E-state index contributed by atoms with van der Waals surface area (Å²) in [6.45, 7) is 1.88. The van der Waals surface area contributed by atoms with Gasteiger partial charge in [0, 0.05) is 35.5 Å². The van der Waals surface area contributed by atoms with E-state index in [2.05, 4.69) is 11.1 Å². The van der Waals surface area contributed by atoms with Crippen molar-refractivity contribution in [3.8, 4) is 0 Å². The second-order valence-corrected chi connectivity index (χ2v) is 6.09. The zero-order valence-electron chi connectivity index (χ0n) is 11.0. The third kappa shape index (κ3) is 1.70. The summed E-state index contributed by atoms with van der Waals surface area (Å²) in [5, 5.41) is 1.90. The van der Waals surface area contributed by atoms with Gasteiger partial charge in [0.2, 0.25) is 0 Å². The second kappa shape index (κ2) is 4.24. The zero-order valence-corrected chi connectivity index (χ0v) is 11.8. The lowest BCUT2D eigenvalue weighted by molar-refractivity contribution is 0.911. The zero-order chi connectivity index (χ0) is 13.7. The number of hydrogen-bond acceptors (Lipinski definition) is 4. The molecule has 3 aromatic rings. The van der Waals surface area contributed by atoms with Crippen molar-refractivity contribution in [2.75, 3.05) is 0 Å². The second-order valence-electron chi connectivity index (χ2n) is 5.22. The average Bonchev–Trinajstić information content (AvgIpc) is 3.13. The van der Waals surface area contributed by atoms with E-state index in [1.165, 1.54) is 16.9 Å². The monoisotopic (exact) mass is 283 g/mol. The maximum absolute atomic E-state index is 12.3. The summed E-state index contributed by atoms with van der Waals surface area (Å²) in [5.41, 5.74) is 3.04. The Morgan fingerprint density at radius 1 is 1.40 bits per heavy atom. The van der Waals surface area contributed by atoms with Crippen LogP contribution in [0, 0.1) is 6.92 Å². The summed E-state index contributed by atoms with van der Waals surface area (Å²) in [6, 6.07) is 4.06. The van der Waals surface area contributed by atoms with Crippen LogP contribution in [0.1, 0.15) is 35.1 Å². The molecule has 0 spiro atoms. The standard InChI is InChI=1S/C15H13N3OS/c1-9-13(17-15-18(14(9)19)5-6-20-15)12-7-11(12)10-3-2-4-16-8-10/h2-6,8,11-12H,7H2,1H3/t11-,12+/m0/s1. The quantitative estimate of drug-likeness (QED) is 0.726. The fraction of sp³-hybridized carbons (Fsp3) is 0.267. The maximum atomic E-state index is 12.3. The molecule has 0 amide bonds. The van der Waals surface area contributed by atoms with Gasteiger partial charge in [-0.25, -0.2) is 4.98 Å². The number of rotatable bonds is 2. The molecule has 1 aliphatic carbocycles. The highest BCUT2D eigenvalue weighted by molar-refractivity contribution is 7.15. The van der Waals surface area contributed by atoms with Crippen LogP contribution in [-0.4, -0.2) is 14.4 Å². The molecule has 1 fully saturated rings. The molecular formula is C15H13N3OS. The van der Waals surface area contributed by atoms with Crippen molar-refractivity contribution in [3.63, 3.8) is 0 Å². The van der Waals surface area contributed by atoms with Gasteiger partial charge in [0.1, 0.15) is 0 Å². The van der Waals surface area contributed by atoms with E-state index in [0.717, 1.165) is 22.6 Å². The third-order valence-corrected chi connectivity index (χ3v) is 4.74. The van der Waals surface area contributed by atoms with Crippen LogP contribution in [0.3, 0.4) is 0 Å². The van der Waals surface area contributed by atoms with Gasteiger partial charge < -0.3 is 0 Å². The lowest BCUT2D eigenvalue weighted by Gasteiger charge is -2.05. The van der Waals surface area contributed by atoms with Crippen LogP contribution in [0.15, 0.2) is 40.9 Å². The molecule has 4 nitrogen and oxygen atoms in total. The lowest BCUT2D eigenvalue weighted by Crippen LogP contribution is -2.18. The molecule has 100 valence electrons. The predicted octanol–water partition coefficient (Wildman–Crippen LogP) is 2.73. The van der Waals surface area contributed by atoms with E-state index in [-0.39, 0.29) is 5.56 Å². The summed E-state index contributed by atoms with van der Waals surface area (Å²) in [6.07, 6.45) is 6.54. The molecular weight excluding hydrogens is 270 g/mol. The van der Waals surface area contributed by atoms with Gasteiger partial charge in [-0.05, 0) is 30.9 Å². The Kier molecular flexibility index (Phi) is 2.50. The number of fused-ring (bicyclic) bond motifs is 1. The molecule has 0 saturated heterocycles. The van der Waals surface area contributed by atoms with E-state index in [1.54, 1.807) is 16.8 Å². The average molecular weight is 283 g/mol. The number of hydrogen-bond donors (Lipinski definition) is 0. The number of nitrogens with zero attached hydrogens (tertiary/aromatic N) is 3. The van der Waals surface area contributed by atoms with Crippen molar-refractivity contribution < 1.29 is 0 Å². The maximum Gasteiger partial charge on any atom is 0.261 e. The van der Waals surface area contributed by atoms with E-state index >= 15 is 0 Å². The van der Waals surface area contributed by atoms with Gasteiger partial charge in [0.15, 0.2) is 4.96 Å². The Morgan fingerprint density at radius 2 is 2.30 bits per heavy atom. The molecule has 0 aliphatic heterocycles. The topological polar surface area (TPSA) is 47.3 Å². The van der Waals surface area contributed by atoms with Crippen molar-refractivity contribution in [2.45, 2.75) is 25.2 Å². The minimum atomic E-state index is 0.0584. The molecule has 1 saturated carbocycles. The largest absolute Gasteiger partial charge is 0.269 e. The highest BCUT2D eigenvalue weighted by atomic mass is 32.1. The van der Waals surface area contributed by atoms with Crippen LogP contribution in [0.25, 0.3) is 4.96 Å². The highest BCUT2D eigenvalue weighted by Crippen LogP contribution is 2.54. The van der Waals surface area contributed by atoms with E-state index in [4.69, 9.17) is 4.98 Å². The first-order valence-corrected chi connectivity index (χ1v) is 7.50. The summed E-state index contributed by atoms with van der Waals surface area (Å²) in [5.74, 6) is 0.815. The van der Waals surface area contributed by atoms with Crippen LogP contribution in [-0.2, 0) is 0 Å². The van der Waals surface area contributed by atoms with Gasteiger partial charge >= 0.3 is 0 Å². The van der Waals surface area contributed by atoms with E-state index in [1.807, 2.05) is 24.6 Å². The number of pyridine rings is 1. The molecule has 2 atom stereocenters. The minimum Gasteiger partial charge on any atom is -0.269 e. The van der Waals surface area contributed by atoms with Crippen LogP contribution in [0.4, 0.5) is 0 Å². The molecule has 4 rings (SSSR count). The van der Waals surface area contributed by atoms with Crippen molar-refractivity contribution in [2.24, 2.45) is 0 Å². The Labute approximate surface area is 119 Å². The molecule has 1 aliphatic rings. The van der Waals surface area contributed by atoms with Gasteiger partial charge in [0.05, 0.1) is 5.69 Å². The molecule has 0 N–H and O–H groups in total. The first kappa shape index (κ1) is 11.8. The van der Waals surface area contributed by atoms with Crippen LogP contribution < -0.4 is 5.56 Å². The smallest absolute Gasteiger partial charge is 0.261 e. The molecule has 5 heteroatoms. The molecule has 0 bridgehead atoms. The first-order chi connectivity index (χ1) is 9.75. The Morgan fingerprint density at radius 3 is 3.10 bits per heavy atom. The van der Waals surface area contributed by atoms with Gasteiger partial charge in [-0.15, -0.1) is 11.3 Å². The Bertz CT molecular complexity index is 837. The fourth-order valence-electron chi connectivity index (χ4n) is 2.81. The molecule has 3 aromatic heterocycles. The van der Waals surface area contributed by atoms with Gasteiger partial charge in [0.25, 0.3) is 5.56 Å². The van der Waals surface area contributed by atoms with Crippen molar-refractivity contribution in [3.05, 3.63) is 63.3 Å². The minimum absolute atomic E-state index is 0.0584. The number of thiazole rings is 1. The third-order valence-electron chi connectivity index (χ3n) is 3.98. The normalized spacial score (nSPS) is 21.2. The van der Waals surface area contributed by atoms with Crippen LogP contribution >= 0.6 is 11.3 Å². The van der Waals surface area contributed by atoms with E-state index < -0.39 is 0 Å². The molecule has 0 unspecified atom stereocenters. The van der Waals surface area contributed by atoms with Crippen molar-refractivity contribution in [1.29, 1.82) is 0 Å². The summed E-state index contributed by atoms with van der Waals surface area (Å²) >= 11 is 1.51. The van der Waals surface area contributed by atoms with Gasteiger partial charge in [-0.2, -0.15) is 0 Å². The van der Waals surface area contributed by atoms with Crippen molar-refractivity contribution in [1.82, 2.24) is 14.4 Å². The van der Waals surface area contributed by atoms with E-state index in [0.29, 0.717) is 11.8 Å². The van der Waals surface area contributed by atoms with Gasteiger partial charge in [-0.1, -0.05) is 6.07 Å². The fourth-order valence-corrected chi connectivity index (χ4v) is 3.52. The Balaban J connectivity index is 1.77.